The quantitative estimate of drug-likeness (QED) is 0.664. The lowest BCUT2D eigenvalue weighted by Crippen LogP contribution is -2.37. The monoisotopic (exact) mass is 419 g/mol. The molecule has 0 bridgehead atoms. The van der Waals surface area contributed by atoms with E-state index in [2.05, 4.69) is 0 Å². The van der Waals surface area contributed by atoms with Gasteiger partial charge in [0, 0.05) is 0 Å². The maximum absolute atomic E-state index is 13.2. The maximum Gasteiger partial charge on any atom is 0.425 e. The molecule has 3 rings (SSSR count). The third-order valence-corrected chi connectivity index (χ3v) is 6.26. The third-order valence-electron chi connectivity index (χ3n) is 4.50. The van der Waals surface area contributed by atoms with Gasteiger partial charge in [-0.2, -0.15) is 4.31 Å². The number of aryl methyl sites for hydroxylation is 1. The number of carbonyl (C=O) groups is 2. The van der Waals surface area contributed by atoms with Crippen molar-refractivity contribution in [3.63, 3.8) is 0 Å². The second-order valence-corrected chi connectivity index (χ2v) is 8.20. The van der Waals surface area contributed by atoms with E-state index in [0.717, 1.165) is 5.56 Å². The van der Waals surface area contributed by atoms with Gasteiger partial charge in [-0.25, -0.2) is 18.0 Å². The van der Waals surface area contributed by atoms with E-state index in [4.69, 9.17) is 14.2 Å². The molecule has 8 nitrogen and oxygen atoms in total. The van der Waals surface area contributed by atoms with Crippen LogP contribution in [-0.2, 0) is 24.3 Å². The van der Waals surface area contributed by atoms with E-state index in [-0.39, 0.29) is 11.5 Å². The molecule has 9 heteroatoms. The van der Waals surface area contributed by atoms with Crippen molar-refractivity contribution in [3.05, 3.63) is 59.7 Å². The Morgan fingerprint density at radius 1 is 1.10 bits per heavy atom. The summed E-state index contributed by atoms with van der Waals surface area (Å²) >= 11 is 0. The molecule has 2 aromatic carbocycles. The molecule has 0 aliphatic carbocycles. The van der Waals surface area contributed by atoms with Crippen molar-refractivity contribution < 1.29 is 32.2 Å². The summed E-state index contributed by atoms with van der Waals surface area (Å²) in [5, 5.41) is 0. The topological polar surface area (TPSA) is 99.2 Å². The highest BCUT2D eigenvalue weighted by Gasteiger charge is 2.53. The molecule has 1 fully saturated rings. The third kappa shape index (κ3) is 3.91. The zero-order valence-corrected chi connectivity index (χ0v) is 17.0. The molecule has 2 aromatic rings. The number of sulfonamides is 1. The molecule has 29 heavy (non-hydrogen) atoms. The van der Waals surface area contributed by atoms with Gasteiger partial charge in [0.05, 0.1) is 18.6 Å². The minimum Gasteiger partial charge on any atom is -0.497 e. The minimum atomic E-state index is -4.28. The van der Waals surface area contributed by atoms with Gasteiger partial charge in [0.15, 0.2) is 0 Å². The van der Waals surface area contributed by atoms with E-state index in [0.29, 0.717) is 15.6 Å². The Hall–Kier alpha value is -3.07. The van der Waals surface area contributed by atoms with Crippen molar-refractivity contribution >= 4 is 22.1 Å². The van der Waals surface area contributed by atoms with Crippen molar-refractivity contribution in [1.82, 2.24) is 4.31 Å². The lowest BCUT2D eigenvalue weighted by Gasteiger charge is -2.24. The average Bonchev–Trinajstić information content (AvgIpc) is 3.06. The summed E-state index contributed by atoms with van der Waals surface area (Å²) in [5.41, 5.74) is 1.26. The first-order valence-corrected chi connectivity index (χ1v) is 10.4. The van der Waals surface area contributed by atoms with Gasteiger partial charge in [-0.15, -0.1) is 0 Å². The molecule has 0 unspecified atom stereocenters. The van der Waals surface area contributed by atoms with Crippen molar-refractivity contribution in [2.75, 3.05) is 13.7 Å². The molecular weight excluding hydrogens is 398 g/mol. The minimum absolute atomic E-state index is 0.0624. The molecule has 1 saturated heterocycles. The van der Waals surface area contributed by atoms with Crippen LogP contribution in [0.15, 0.2) is 53.4 Å². The van der Waals surface area contributed by atoms with Crippen molar-refractivity contribution in [2.45, 2.75) is 30.9 Å². The second-order valence-electron chi connectivity index (χ2n) is 6.39. The van der Waals surface area contributed by atoms with Gasteiger partial charge < -0.3 is 14.2 Å². The number of hydrogen-bond donors (Lipinski definition) is 0. The Bertz CT molecular complexity index is 1000. The average molecular weight is 419 g/mol. The number of ether oxygens (including phenoxy) is 3. The fraction of sp³-hybridized carbons (Fsp3) is 0.300. The molecule has 0 saturated carbocycles. The van der Waals surface area contributed by atoms with Gasteiger partial charge in [0.1, 0.15) is 11.8 Å². The van der Waals surface area contributed by atoms with Gasteiger partial charge in [-0.1, -0.05) is 29.8 Å². The number of hydrogen-bond acceptors (Lipinski definition) is 7. The zero-order chi connectivity index (χ0) is 21.2. The van der Waals surface area contributed by atoms with Gasteiger partial charge in [0.2, 0.25) is 6.10 Å². The zero-order valence-electron chi connectivity index (χ0n) is 16.2. The fourth-order valence-electron chi connectivity index (χ4n) is 3.05. The van der Waals surface area contributed by atoms with Crippen LogP contribution in [0.25, 0.3) is 0 Å². The lowest BCUT2D eigenvalue weighted by atomic mass is 10.0. The predicted molar refractivity (Wildman–Crippen MR) is 103 cm³/mol. The van der Waals surface area contributed by atoms with Crippen molar-refractivity contribution in [2.24, 2.45) is 0 Å². The van der Waals surface area contributed by atoms with Crippen LogP contribution < -0.4 is 4.74 Å². The largest absolute Gasteiger partial charge is 0.497 e. The fourth-order valence-corrected chi connectivity index (χ4v) is 4.52. The number of amides is 1. The highest BCUT2D eigenvalue weighted by Crippen LogP contribution is 2.39. The van der Waals surface area contributed by atoms with E-state index in [1.807, 2.05) is 6.92 Å². The summed E-state index contributed by atoms with van der Waals surface area (Å²) in [7, 11) is -2.79. The standard InChI is InChI=1S/C20H21NO7S/c1-4-27-19(22)18-17(14-7-9-15(26-3)10-8-14)21(20(23)28-18)29(24,25)16-11-5-13(2)6-12-16/h5-12,17-18H,4H2,1-3H3/t17-,18+/m1/s1. The Labute approximate surface area is 169 Å². The lowest BCUT2D eigenvalue weighted by molar-refractivity contribution is -0.152. The molecular formula is C20H21NO7S. The first-order valence-electron chi connectivity index (χ1n) is 8.92. The number of esters is 1. The molecule has 1 aliphatic heterocycles. The predicted octanol–water partition coefficient (Wildman–Crippen LogP) is 2.82. The van der Waals surface area contributed by atoms with Crippen LogP contribution >= 0.6 is 0 Å². The van der Waals surface area contributed by atoms with Crippen LogP contribution in [0.2, 0.25) is 0 Å². The summed E-state index contributed by atoms with van der Waals surface area (Å²) < 4.78 is 42.3. The van der Waals surface area contributed by atoms with Gasteiger partial charge in [-0.05, 0) is 43.7 Å². The molecule has 0 radical (unpaired) electrons. The Balaban J connectivity index is 2.10. The molecule has 1 aliphatic rings. The highest BCUT2D eigenvalue weighted by molar-refractivity contribution is 7.89. The van der Waals surface area contributed by atoms with Gasteiger partial charge >= 0.3 is 12.1 Å². The number of rotatable bonds is 6. The number of carbonyl (C=O) groups excluding carboxylic acids is 2. The number of methoxy groups -OCH3 is 1. The molecule has 1 amide bonds. The van der Waals surface area contributed by atoms with Gasteiger partial charge in [0.25, 0.3) is 10.0 Å². The van der Waals surface area contributed by atoms with Crippen LogP contribution in [0.4, 0.5) is 4.79 Å². The normalized spacial score (nSPS) is 19.0. The van der Waals surface area contributed by atoms with Crippen LogP contribution in [0.1, 0.15) is 24.1 Å². The van der Waals surface area contributed by atoms with Crippen molar-refractivity contribution in [3.8, 4) is 5.75 Å². The van der Waals surface area contributed by atoms with Gasteiger partial charge in [-0.3, -0.25) is 0 Å². The summed E-state index contributed by atoms with van der Waals surface area (Å²) in [5.74, 6) is -0.275. The Morgan fingerprint density at radius 2 is 1.72 bits per heavy atom. The second kappa shape index (κ2) is 8.12. The van der Waals surface area contributed by atoms with Crippen molar-refractivity contribution in [1.29, 1.82) is 0 Å². The molecule has 0 N–H and O–H groups in total. The van der Waals surface area contributed by atoms with Crippen LogP contribution in [0.3, 0.4) is 0 Å². The van der Waals surface area contributed by atoms with E-state index in [9.17, 15) is 18.0 Å². The van der Waals surface area contributed by atoms with E-state index < -0.39 is 34.2 Å². The molecule has 0 aromatic heterocycles. The van der Waals surface area contributed by atoms with E-state index >= 15 is 0 Å². The van der Waals surface area contributed by atoms with Crippen LogP contribution in [0.5, 0.6) is 5.75 Å². The first-order chi connectivity index (χ1) is 13.8. The number of nitrogens with zero attached hydrogens (tertiary/aromatic N) is 1. The van der Waals surface area contributed by atoms with E-state index in [1.165, 1.54) is 19.2 Å². The molecule has 2 atom stereocenters. The summed E-state index contributed by atoms with van der Waals surface area (Å²) in [4.78, 5) is 24.9. The summed E-state index contributed by atoms with van der Waals surface area (Å²) in [6.07, 6.45) is -2.56. The first kappa shape index (κ1) is 20.7. The highest BCUT2D eigenvalue weighted by atomic mass is 32.2. The van der Waals surface area contributed by atoms with Crippen LogP contribution in [0, 0.1) is 6.92 Å². The van der Waals surface area contributed by atoms with Crippen LogP contribution in [-0.4, -0.2) is 44.6 Å². The Kier molecular flexibility index (Phi) is 5.78. The number of benzene rings is 2. The maximum atomic E-state index is 13.2. The molecule has 1 heterocycles. The summed E-state index contributed by atoms with van der Waals surface area (Å²) in [6.45, 7) is 3.49. The number of cyclic esters (lactones) is 1. The molecule has 154 valence electrons. The Morgan fingerprint density at radius 3 is 2.28 bits per heavy atom. The molecule has 0 spiro atoms. The SMILES string of the molecule is CCOC(=O)[C@H]1OC(=O)N(S(=O)(=O)c2ccc(C)cc2)[C@@H]1c1ccc(OC)cc1. The smallest absolute Gasteiger partial charge is 0.425 e. The summed E-state index contributed by atoms with van der Waals surface area (Å²) in [6, 6.07) is 11.2. The van der Waals surface area contributed by atoms with E-state index in [1.54, 1.807) is 43.3 Å².